The molecule has 0 aliphatic rings. The minimum Gasteiger partial charge on any atom is -0.458 e. The van der Waals surface area contributed by atoms with Crippen LogP contribution < -0.4 is 0 Å². The van der Waals surface area contributed by atoms with Crippen LogP contribution in [0.3, 0.4) is 0 Å². The van der Waals surface area contributed by atoms with Crippen LogP contribution in [-0.2, 0) is 4.74 Å². The van der Waals surface area contributed by atoms with Crippen LogP contribution in [0.25, 0.3) is 0 Å². The van der Waals surface area contributed by atoms with Crippen molar-refractivity contribution in [3.8, 4) is 0 Å². The number of ether oxygens (including phenoxy) is 1. The van der Waals surface area contributed by atoms with E-state index in [-0.39, 0.29) is 5.30 Å². The molecule has 2 nitrogen and oxygen atoms in total. The van der Waals surface area contributed by atoms with Gasteiger partial charge in [-0.25, -0.2) is 4.79 Å². The number of carbonyl (C=O) groups excluding carboxylic acids is 1. The van der Waals surface area contributed by atoms with Crippen LogP contribution in [0, 0.1) is 5.92 Å². The van der Waals surface area contributed by atoms with E-state index in [1.807, 2.05) is 6.92 Å². The fourth-order valence-electron chi connectivity index (χ4n) is 0.394. The van der Waals surface area contributed by atoms with Crippen molar-refractivity contribution in [1.29, 1.82) is 0 Å². The number of rotatable bonds is 3. The van der Waals surface area contributed by atoms with Crippen molar-refractivity contribution in [2.75, 3.05) is 12.4 Å². The Hall–Kier alpha value is -0.180. The zero-order valence-corrected chi connectivity index (χ0v) is 7.53. The second kappa shape index (κ2) is 5.59. The van der Waals surface area contributed by atoms with Crippen molar-refractivity contribution in [1.82, 2.24) is 0 Å². The maximum Gasteiger partial charge on any atom is 0.367 e. The van der Waals surface area contributed by atoms with Crippen molar-refractivity contribution in [3.63, 3.8) is 0 Å². The quantitative estimate of drug-likeness (QED) is 0.596. The Bertz CT molecular complexity index is 102. The summed E-state index contributed by atoms with van der Waals surface area (Å²) in [5.74, 6) is 1.40. The van der Waals surface area contributed by atoms with Crippen molar-refractivity contribution in [2.24, 2.45) is 5.92 Å². The number of carbonyl (C=O) groups is 1. The van der Waals surface area contributed by atoms with E-state index in [0.717, 1.165) is 5.75 Å². The Morgan fingerprint density at radius 3 is 2.60 bits per heavy atom. The van der Waals surface area contributed by atoms with Gasteiger partial charge in [-0.2, -0.15) is 0 Å². The van der Waals surface area contributed by atoms with Crippen molar-refractivity contribution >= 4 is 17.1 Å². The molecule has 0 radical (unpaired) electrons. The largest absolute Gasteiger partial charge is 0.458 e. The summed E-state index contributed by atoms with van der Waals surface area (Å²) in [7, 11) is 0. The Balaban J connectivity index is 3.22. The minimum absolute atomic E-state index is 0.156. The lowest BCUT2D eigenvalue weighted by molar-refractivity contribution is 0.181. The van der Waals surface area contributed by atoms with Crippen LogP contribution >= 0.6 is 11.8 Å². The molecule has 0 heterocycles. The fraction of sp³-hybridized carbons (Fsp3) is 0.857. The first-order chi connectivity index (χ1) is 4.66. The molecular formula is C7H14O2S. The zero-order chi connectivity index (χ0) is 7.98. The lowest BCUT2D eigenvalue weighted by Crippen LogP contribution is -2.00. The molecule has 0 saturated heterocycles. The van der Waals surface area contributed by atoms with Gasteiger partial charge in [-0.05, 0) is 24.6 Å². The summed E-state index contributed by atoms with van der Waals surface area (Å²) in [6.45, 7) is 6.44. The molecule has 0 aliphatic heterocycles. The molecule has 0 N–H and O–H groups in total. The highest BCUT2D eigenvalue weighted by atomic mass is 32.2. The maximum atomic E-state index is 10.7. The molecular weight excluding hydrogens is 148 g/mol. The van der Waals surface area contributed by atoms with E-state index in [4.69, 9.17) is 4.74 Å². The van der Waals surface area contributed by atoms with Gasteiger partial charge < -0.3 is 4.74 Å². The van der Waals surface area contributed by atoms with Crippen molar-refractivity contribution in [3.05, 3.63) is 0 Å². The zero-order valence-electron chi connectivity index (χ0n) is 6.72. The van der Waals surface area contributed by atoms with E-state index in [1.54, 1.807) is 0 Å². The van der Waals surface area contributed by atoms with Gasteiger partial charge in [0.15, 0.2) is 0 Å². The summed E-state index contributed by atoms with van der Waals surface area (Å²) in [5, 5.41) is -0.156. The second-order valence-electron chi connectivity index (χ2n) is 2.39. The van der Waals surface area contributed by atoms with Crippen LogP contribution in [0.4, 0.5) is 4.79 Å². The summed E-state index contributed by atoms with van der Waals surface area (Å²) < 4.78 is 4.72. The smallest absolute Gasteiger partial charge is 0.367 e. The third kappa shape index (κ3) is 5.95. The van der Waals surface area contributed by atoms with E-state index in [9.17, 15) is 4.79 Å². The second-order valence-corrected chi connectivity index (χ2v) is 3.34. The van der Waals surface area contributed by atoms with Crippen LogP contribution in [0.2, 0.25) is 0 Å². The minimum atomic E-state index is -0.156. The Morgan fingerprint density at radius 2 is 2.20 bits per heavy atom. The summed E-state index contributed by atoms with van der Waals surface area (Å²) in [6.07, 6.45) is 0. The number of hydrogen-bond donors (Lipinski definition) is 0. The average molecular weight is 162 g/mol. The number of thioether (sulfide) groups is 1. The predicted octanol–water partition coefficient (Wildman–Crippen LogP) is 2.53. The molecule has 0 saturated carbocycles. The molecule has 0 bridgehead atoms. The topological polar surface area (TPSA) is 26.3 Å². The van der Waals surface area contributed by atoms with Crippen molar-refractivity contribution in [2.45, 2.75) is 20.8 Å². The van der Waals surface area contributed by atoms with Gasteiger partial charge in [-0.15, -0.1) is 0 Å². The number of hydrogen-bond acceptors (Lipinski definition) is 3. The lowest BCUT2D eigenvalue weighted by atomic mass is 10.3. The molecule has 0 atom stereocenters. The fourth-order valence-corrected chi connectivity index (χ4v) is 1.06. The molecule has 0 aromatic carbocycles. The van der Waals surface area contributed by atoms with Crippen LogP contribution in [-0.4, -0.2) is 17.7 Å². The van der Waals surface area contributed by atoms with Gasteiger partial charge in [0, 0.05) is 5.75 Å². The highest BCUT2D eigenvalue weighted by Crippen LogP contribution is 2.09. The van der Waals surface area contributed by atoms with Gasteiger partial charge in [0.2, 0.25) is 0 Å². The maximum absolute atomic E-state index is 10.7. The Kier molecular flexibility index (Phi) is 5.49. The first-order valence-electron chi connectivity index (χ1n) is 3.46. The highest BCUT2D eigenvalue weighted by Gasteiger charge is 2.02. The van der Waals surface area contributed by atoms with Gasteiger partial charge in [-0.1, -0.05) is 13.8 Å². The molecule has 0 amide bonds. The average Bonchev–Trinajstić information content (AvgIpc) is 1.85. The Labute approximate surface area is 66.3 Å². The molecule has 0 unspecified atom stereocenters. The summed E-state index contributed by atoms with van der Waals surface area (Å²) in [4.78, 5) is 10.7. The van der Waals surface area contributed by atoms with E-state index in [2.05, 4.69) is 13.8 Å². The third-order valence-electron chi connectivity index (χ3n) is 0.797. The molecule has 0 spiro atoms. The molecule has 0 rings (SSSR count). The van der Waals surface area contributed by atoms with Gasteiger partial charge in [-0.3, -0.25) is 0 Å². The van der Waals surface area contributed by atoms with Crippen LogP contribution in [0.15, 0.2) is 0 Å². The molecule has 0 aromatic heterocycles. The van der Waals surface area contributed by atoms with Crippen LogP contribution in [0.1, 0.15) is 20.8 Å². The standard InChI is InChI=1S/C7H14O2S/c1-4-9-7(8)10-5-6(2)3/h6H,4-5H2,1-3H3. The molecule has 10 heavy (non-hydrogen) atoms. The summed E-state index contributed by atoms with van der Waals surface area (Å²) >= 11 is 1.25. The normalized spacial score (nSPS) is 10.0. The third-order valence-corrected chi connectivity index (χ3v) is 1.98. The van der Waals surface area contributed by atoms with Crippen LogP contribution in [0.5, 0.6) is 0 Å². The SMILES string of the molecule is CCOC(=O)SCC(C)C. The predicted molar refractivity (Wildman–Crippen MR) is 44.3 cm³/mol. The van der Waals surface area contributed by atoms with Gasteiger partial charge in [0.05, 0.1) is 6.61 Å². The molecule has 0 fully saturated rings. The van der Waals surface area contributed by atoms with E-state index in [1.165, 1.54) is 11.8 Å². The Morgan fingerprint density at radius 1 is 1.60 bits per heavy atom. The summed E-state index contributed by atoms with van der Waals surface area (Å²) in [6, 6.07) is 0. The first kappa shape index (κ1) is 9.82. The molecule has 3 heteroatoms. The van der Waals surface area contributed by atoms with Crippen molar-refractivity contribution < 1.29 is 9.53 Å². The lowest BCUT2D eigenvalue weighted by Gasteiger charge is -2.02. The molecule has 0 aromatic rings. The summed E-state index contributed by atoms with van der Waals surface area (Å²) in [5.41, 5.74) is 0. The van der Waals surface area contributed by atoms with Gasteiger partial charge in [0.25, 0.3) is 0 Å². The monoisotopic (exact) mass is 162 g/mol. The van der Waals surface area contributed by atoms with Gasteiger partial charge >= 0.3 is 5.30 Å². The van der Waals surface area contributed by atoms with E-state index in [0.29, 0.717) is 12.5 Å². The molecule has 0 aliphatic carbocycles. The van der Waals surface area contributed by atoms with Gasteiger partial charge in [0.1, 0.15) is 0 Å². The molecule has 60 valence electrons. The highest BCUT2D eigenvalue weighted by molar-refractivity contribution is 8.13. The van der Waals surface area contributed by atoms with E-state index >= 15 is 0 Å². The van der Waals surface area contributed by atoms with E-state index < -0.39 is 0 Å². The first-order valence-corrected chi connectivity index (χ1v) is 4.45.